The van der Waals surface area contributed by atoms with E-state index in [1.54, 1.807) is 56.4 Å². The standard InChI is InChI=1S/C21H19IN2O5S/c1-4-29-20(27)13-6-5-7-14(11-13)23-21-24(2)19(26)17(30-21)10-12-8-15(22)18(25)16(9-12)28-3/h5-11,25H,4H2,1-3H3. The van der Waals surface area contributed by atoms with Crippen molar-refractivity contribution in [1.29, 1.82) is 0 Å². The van der Waals surface area contributed by atoms with E-state index in [2.05, 4.69) is 4.99 Å². The molecule has 1 fully saturated rings. The van der Waals surface area contributed by atoms with Gasteiger partial charge in [-0.05, 0) is 83.2 Å². The fraction of sp³-hybridized carbons (Fsp3) is 0.190. The number of amides is 1. The van der Waals surface area contributed by atoms with Crippen LogP contribution in [-0.2, 0) is 9.53 Å². The van der Waals surface area contributed by atoms with Crippen molar-refractivity contribution in [3.63, 3.8) is 0 Å². The number of ether oxygens (including phenoxy) is 2. The molecule has 0 spiro atoms. The number of carbonyl (C=O) groups excluding carboxylic acids is 2. The Morgan fingerprint density at radius 2 is 2.10 bits per heavy atom. The number of amidine groups is 1. The van der Waals surface area contributed by atoms with Gasteiger partial charge < -0.3 is 14.6 Å². The van der Waals surface area contributed by atoms with Crippen LogP contribution >= 0.6 is 34.4 Å². The van der Waals surface area contributed by atoms with Gasteiger partial charge in [-0.15, -0.1) is 0 Å². The predicted molar refractivity (Wildman–Crippen MR) is 125 cm³/mol. The molecule has 0 aliphatic carbocycles. The van der Waals surface area contributed by atoms with Gasteiger partial charge in [0, 0.05) is 7.05 Å². The Morgan fingerprint density at radius 1 is 1.33 bits per heavy atom. The van der Waals surface area contributed by atoms with Gasteiger partial charge in [0.1, 0.15) is 0 Å². The van der Waals surface area contributed by atoms with Crippen LogP contribution in [0.15, 0.2) is 46.3 Å². The molecule has 7 nitrogen and oxygen atoms in total. The summed E-state index contributed by atoms with van der Waals surface area (Å²) >= 11 is 3.24. The van der Waals surface area contributed by atoms with Crippen LogP contribution < -0.4 is 4.74 Å². The Bertz CT molecular complexity index is 1070. The molecule has 1 aliphatic heterocycles. The van der Waals surface area contributed by atoms with E-state index < -0.39 is 5.97 Å². The number of benzene rings is 2. The SMILES string of the molecule is CCOC(=O)c1cccc(N=C2SC(=Cc3cc(I)c(O)c(OC)c3)C(=O)N2C)c1. The molecule has 2 aromatic rings. The number of phenols is 1. The number of thioether (sulfide) groups is 1. The minimum absolute atomic E-state index is 0.0616. The van der Waals surface area contributed by atoms with Crippen molar-refractivity contribution in [1.82, 2.24) is 4.90 Å². The number of rotatable bonds is 5. The zero-order valence-corrected chi connectivity index (χ0v) is 19.5. The first-order chi connectivity index (χ1) is 14.3. The third-order valence-corrected chi connectivity index (χ3v) is 6.04. The first-order valence-electron chi connectivity index (χ1n) is 8.94. The summed E-state index contributed by atoms with van der Waals surface area (Å²) in [5, 5.41) is 10.5. The molecule has 1 aliphatic rings. The maximum atomic E-state index is 12.7. The van der Waals surface area contributed by atoms with Crippen molar-refractivity contribution in [2.45, 2.75) is 6.92 Å². The van der Waals surface area contributed by atoms with Crippen LogP contribution in [0.2, 0.25) is 0 Å². The number of nitrogens with zero attached hydrogens (tertiary/aromatic N) is 2. The van der Waals surface area contributed by atoms with Crippen LogP contribution in [0.5, 0.6) is 11.5 Å². The van der Waals surface area contributed by atoms with E-state index in [4.69, 9.17) is 9.47 Å². The number of esters is 1. The molecule has 0 radical (unpaired) electrons. The minimum Gasteiger partial charge on any atom is -0.504 e. The van der Waals surface area contributed by atoms with E-state index in [0.29, 0.717) is 37.3 Å². The maximum absolute atomic E-state index is 12.7. The molecule has 0 bridgehead atoms. The third kappa shape index (κ3) is 4.78. The van der Waals surface area contributed by atoms with Gasteiger partial charge in [-0.1, -0.05) is 6.07 Å². The van der Waals surface area contributed by atoms with Crippen molar-refractivity contribution in [3.8, 4) is 11.5 Å². The molecular weight excluding hydrogens is 519 g/mol. The number of aliphatic imine (C=N–C) groups is 1. The first kappa shape index (κ1) is 22.2. The van der Waals surface area contributed by atoms with Crippen molar-refractivity contribution >= 4 is 63.2 Å². The van der Waals surface area contributed by atoms with Gasteiger partial charge in [0.05, 0.1) is 33.4 Å². The average Bonchev–Trinajstić information content (AvgIpc) is 2.98. The fourth-order valence-electron chi connectivity index (χ4n) is 2.66. The third-order valence-electron chi connectivity index (χ3n) is 4.15. The molecule has 2 aromatic carbocycles. The van der Waals surface area contributed by atoms with Crippen LogP contribution in [0.1, 0.15) is 22.8 Å². The fourth-order valence-corrected chi connectivity index (χ4v) is 4.28. The summed E-state index contributed by atoms with van der Waals surface area (Å²) in [7, 11) is 3.12. The van der Waals surface area contributed by atoms with Gasteiger partial charge in [-0.2, -0.15) is 0 Å². The number of hydrogen-bond donors (Lipinski definition) is 1. The van der Waals surface area contributed by atoms with Gasteiger partial charge in [-0.3, -0.25) is 9.69 Å². The van der Waals surface area contributed by atoms with Crippen LogP contribution in [0, 0.1) is 3.57 Å². The van der Waals surface area contributed by atoms with Gasteiger partial charge in [-0.25, -0.2) is 9.79 Å². The molecule has 1 N–H and O–H groups in total. The summed E-state index contributed by atoms with van der Waals surface area (Å²) < 4.78 is 10.8. The van der Waals surface area contributed by atoms with E-state index >= 15 is 0 Å². The number of carbonyl (C=O) groups is 2. The van der Waals surface area contributed by atoms with Gasteiger partial charge in [0.2, 0.25) is 0 Å². The lowest BCUT2D eigenvalue weighted by atomic mass is 10.2. The zero-order chi connectivity index (χ0) is 21.8. The zero-order valence-electron chi connectivity index (χ0n) is 16.5. The number of phenolic OH excluding ortho intramolecular Hbond substituents is 1. The molecule has 0 saturated carbocycles. The predicted octanol–water partition coefficient (Wildman–Crippen LogP) is 4.42. The number of halogens is 1. The Balaban J connectivity index is 1.90. The number of likely N-dealkylation sites (N-methyl/N-ethyl adjacent to an activating group) is 1. The number of hydrogen-bond acceptors (Lipinski definition) is 7. The summed E-state index contributed by atoms with van der Waals surface area (Å²) in [5.74, 6) is -0.212. The topological polar surface area (TPSA) is 88.4 Å². The second-order valence-electron chi connectivity index (χ2n) is 6.19. The van der Waals surface area contributed by atoms with Crippen LogP contribution in [0.3, 0.4) is 0 Å². The summed E-state index contributed by atoms with van der Waals surface area (Å²) in [6.07, 6.45) is 1.73. The minimum atomic E-state index is -0.417. The quantitative estimate of drug-likeness (QED) is 0.345. The Morgan fingerprint density at radius 3 is 2.80 bits per heavy atom. The second kappa shape index (κ2) is 9.52. The Labute approximate surface area is 191 Å². The van der Waals surface area contributed by atoms with Gasteiger partial charge in [0.15, 0.2) is 16.7 Å². The molecule has 1 amide bonds. The van der Waals surface area contributed by atoms with Crippen molar-refractivity contribution in [2.24, 2.45) is 4.99 Å². The first-order valence-corrected chi connectivity index (χ1v) is 10.8. The summed E-state index contributed by atoms with van der Waals surface area (Å²) in [5.41, 5.74) is 1.67. The Kier molecular flexibility index (Phi) is 7.03. The maximum Gasteiger partial charge on any atom is 0.338 e. The summed E-state index contributed by atoms with van der Waals surface area (Å²) in [6.45, 7) is 2.04. The summed E-state index contributed by atoms with van der Waals surface area (Å²) in [4.78, 5) is 31.1. The molecule has 9 heteroatoms. The van der Waals surface area contributed by atoms with E-state index in [1.165, 1.54) is 23.8 Å². The van der Waals surface area contributed by atoms with Crippen LogP contribution in [0.4, 0.5) is 5.69 Å². The average molecular weight is 538 g/mol. The smallest absolute Gasteiger partial charge is 0.338 e. The van der Waals surface area contributed by atoms with E-state index in [0.717, 1.165) is 5.56 Å². The van der Waals surface area contributed by atoms with E-state index in [9.17, 15) is 14.7 Å². The second-order valence-corrected chi connectivity index (χ2v) is 8.36. The van der Waals surface area contributed by atoms with Crippen LogP contribution in [-0.4, -0.2) is 47.8 Å². The van der Waals surface area contributed by atoms with Crippen LogP contribution in [0.25, 0.3) is 6.08 Å². The number of aromatic hydroxyl groups is 1. The molecule has 156 valence electrons. The van der Waals surface area contributed by atoms with Crippen molar-refractivity contribution < 1.29 is 24.2 Å². The molecule has 1 heterocycles. The summed E-state index contributed by atoms with van der Waals surface area (Å²) in [6, 6.07) is 10.2. The molecule has 3 rings (SSSR count). The van der Waals surface area contributed by atoms with Gasteiger partial charge in [0.25, 0.3) is 5.91 Å². The molecule has 0 atom stereocenters. The normalized spacial score (nSPS) is 16.4. The lowest BCUT2D eigenvalue weighted by Crippen LogP contribution is -2.23. The Hall–Kier alpha value is -2.53. The highest BCUT2D eigenvalue weighted by Gasteiger charge is 2.30. The van der Waals surface area contributed by atoms with E-state index in [-0.39, 0.29) is 11.7 Å². The monoisotopic (exact) mass is 538 g/mol. The largest absolute Gasteiger partial charge is 0.504 e. The van der Waals surface area contributed by atoms with Gasteiger partial charge >= 0.3 is 5.97 Å². The molecule has 0 unspecified atom stereocenters. The lowest BCUT2D eigenvalue weighted by Gasteiger charge is -2.08. The lowest BCUT2D eigenvalue weighted by molar-refractivity contribution is -0.121. The highest BCUT2D eigenvalue weighted by Crippen LogP contribution is 2.36. The highest BCUT2D eigenvalue weighted by molar-refractivity contribution is 14.1. The molecule has 1 saturated heterocycles. The molecule has 0 aromatic heterocycles. The van der Waals surface area contributed by atoms with Crippen molar-refractivity contribution in [2.75, 3.05) is 20.8 Å². The van der Waals surface area contributed by atoms with Crippen molar-refractivity contribution in [3.05, 3.63) is 56.0 Å². The molecule has 30 heavy (non-hydrogen) atoms. The van der Waals surface area contributed by atoms with E-state index in [1.807, 2.05) is 22.6 Å². The highest BCUT2D eigenvalue weighted by atomic mass is 127. The molecular formula is C21H19IN2O5S. The number of methoxy groups -OCH3 is 1.